The number of ether oxygens (including phenoxy) is 1. The van der Waals surface area contributed by atoms with Crippen LogP contribution in [-0.4, -0.2) is 45.0 Å². The number of carbonyl (C=O) groups excluding carboxylic acids is 1. The van der Waals surface area contributed by atoms with Crippen molar-refractivity contribution in [1.82, 2.24) is 24.7 Å². The van der Waals surface area contributed by atoms with Crippen LogP contribution in [0.5, 0.6) is 0 Å². The second-order valence-corrected chi connectivity index (χ2v) is 7.87. The molecule has 4 N–H and O–H groups in total. The predicted molar refractivity (Wildman–Crippen MR) is 122 cm³/mol. The number of nitrogen functional groups attached to an aromatic ring is 1. The monoisotopic (exact) mass is 483 g/mol. The van der Waals surface area contributed by atoms with Crippen LogP contribution in [0.15, 0.2) is 55.0 Å². The van der Waals surface area contributed by atoms with Crippen molar-refractivity contribution in [1.29, 1.82) is 0 Å². The normalized spacial score (nSPS) is 16.4. The fraction of sp³-hybridized carbons (Fsp3) is 0.217. The summed E-state index contributed by atoms with van der Waals surface area (Å²) in [4.78, 5) is 25.3. The third-order valence-electron chi connectivity index (χ3n) is 5.58. The van der Waals surface area contributed by atoms with Crippen LogP contribution in [0.4, 0.5) is 24.8 Å². The molecule has 35 heavy (non-hydrogen) atoms. The first-order chi connectivity index (χ1) is 16.8. The number of nitrogens with two attached hydrogens (primary N) is 1. The van der Waals surface area contributed by atoms with Gasteiger partial charge in [-0.15, -0.1) is 0 Å². The van der Waals surface area contributed by atoms with Crippen LogP contribution in [0, 0.1) is 0 Å². The van der Waals surface area contributed by atoms with Gasteiger partial charge in [0.25, 0.3) is 5.91 Å². The molecule has 1 atom stereocenters. The van der Waals surface area contributed by atoms with Crippen molar-refractivity contribution in [2.24, 2.45) is 0 Å². The number of carbonyl (C=O) groups is 1. The van der Waals surface area contributed by atoms with Crippen molar-refractivity contribution in [3.05, 3.63) is 71.9 Å². The van der Waals surface area contributed by atoms with Crippen LogP contribution in [0.25, 0.3) is 16.8 Å². The minimum absolute atomic E-state index is 0.196. The van der Waals surface area contributed by atoms with Gasteiger partial charge < -0.3 is 21.1 Å². The molecule has 1 aromatic carbocycles. The number of nitrogens with one attached hydrogen (secondary N) is 2. The Balaban J connectivity index is 1.43. The van der Waals surface area contributed by atoms with Crippen molar-refractivity contribution < 1.29 is 22.7 Å². The molecule has 1 saturated heterocycles. The van der Waals surface area contributed by atoms with E-state index < -0.39 is 17.6 Å². The third-order valence-corrected chi connectivity index (χ3v) is 5.58. The lowest BCUT2D eigenvalue weighted by Crippen LogP contribution is -2.34. The molecule has 12 heteroatoms. The molecule has 0 spiro atoms. The maximum absolute atomic E-state index is 12.9. The molecule has 1 aliphatic heterocycles. The van der Waals surface area contributed by atoms with Gasteiger partial charge >= 0.3 is 6.18 Å². The lowest BCUT2D eigenvalue weighted by molar-refractivity contribution is -0.137. The highest BCUT2D eigenvalue weighted by molar-refractivity contribution is 6.04. The molecule has 4 heterocycles. The highest BCUT2D eigenvalue weighted by Crippen LogP contribution is 2.32. The number of morpholine rings is 1. The smallest absolute Gasteiger partial charge is 0.382 e. The van der Waals surface area contributed by atoms with Crippen molar-refractivity contribution in [3.8, 4) is 11.3 Å². The van der Waals surface area contributed by atoms with E-state index in [-0.39, 0.29) is 17.5 Å². The Labute approximate surface area is 197 Å². The highest BCUT2D eigenvalue weighted by Gasteiger charge is 2.31. The van der Waals surface area contributed by atoms with Crippen molar-refractivity contribution in [2.45, 2.75) is 12.3 Å². The van der Waals surface area contributed by atoms with Gasteiger partial charge in [-0.3, -0.25) is 9.20 Å². The van der Waals surface area contributed by atoms with Crippen LogP contribution in [0.1, 0.15) is 27.8 Å². The number of imidazole rings is 1. The minimum Gasteiger partial charge on any atom is -0.382 e. The van der Waals surface area contributed by atoms with Gasteiger partial charge in [0.15, 0.2) is 0 Å². The average Bonchev–Trinajstić information content (AvgIpc) is 3.25. The molecule has 4 aromatic rings. The van der Waals surface area contributed by atoms with Gasteiger partial charge in [-0.1, -0.05) is 12.1 Å². The number of anilines is 2. The highest BCUT2D eigenvalue weighted by atomic mass is 19.4. The van der Waals surface area contributed by atoms with Gasteiger partial charge in [-0.25, -0.2) is 15.0 Å². The topological polar surface area (TPSA) is 119 Å². The summed E-state index contributed by atoms with van der Waals surface area (Å²) < 4.78 is 46.5. The molecule has 0 bridgehead atoms. The standard InChI is InChI=1S/C23H20F3N7O2/c24-23(25,26)15-5-6-29-17(11-15)31-22(34)14-3-1-13(2-4-14)18-19-20(27)30-7-9-33(19)21(32-18)16-12-28-8-10-35-16/h1-7,9,11,16,28H,8,10,12H2,(H2,27,30)(H,29,31,34). The van der Waals surface area contributed by atoms with Crippen LogP contribution in [0.3, 0.4) is 0 Å². The fourth-order valence-electron chi connectivity index (χ4n) is 3.89. The summed E-state index contributed by atoms with van der Waals surface area (Å²) in [6, 6.07) is 8.09. The molecule has 1 amide bonds. The Morgan fingerprint density at radius 3 is 2.69 bits per heavy atom. The fourth-order valence-corrected chi connectivity index (χ4v) is 3.89. The molecule has 1 unspecified atom stereocenters. The summed E-state index contributed by atoms with van der Waals surface area (Å²) >= 11 is 0. The first-order valence-electron chi connectivity index (χ1n) is 10.7. The second kappa shape index (κ2) is 8.96. The van der Waals surface area contributed by atoms with Gasteiger partial charge in [-0.05, 0) is 24.3 Å². The predicted octanol–water partition coefficient (Wildman–Crippen LogP) is 3.31. The molecule has 5 rings (SSSR count). The molecule has 1 aliphatic rings. The number of alkyl halides is 3. The van der Waals surface area contributed by atoms with Gasteiger partial charge in [0, 0.05) is 42.8 Å². The molecular formula is C23H20F3N7O2. The maximum atomic E-state index is 12.9. The second-order valence-electron chi connectivity index (χ2n) is 7.87. The zero-order chi connectivity index (χ0) is 24.6. The molecule has 3 aromatic heterocycles. The van der Waals surface area contributed by atoms with Gasteiger partial charge in [-0.2, -0.15) is 13.2 Å². The van der Waals surface area contributed by atoms with Crippen molar-refractivity contribution >= 4 is 23.1 Å². The van der Waals surface area contributed by atoms with Gasteiger partial charge in [0.05, 0.1) is 12.2 Å². The number of amides is 1. The first kappa shape index (κ1) is 22.7. The number of pyridine rings is 1. The maximum Gasteiger partial charge on any atom is 0.416 e. The Hall–Kier alpha value is -4.03. The first-order valence-corrected chi connectivity index (χ1v) is 10.7. The van der Waals surface area contributed by atoms with Crippen molar-refractivity contribution in [3.63, 3.8) is 0 Å². The molecule has 1 fully saturated rings. The van der Waals surface area contributed by atoms with E-state index in [0.29, 0.717) is 41.6 Å². The molecule has 0 aliphatic carbocycles. The van der Waals surface area contributed by atoms with Crippen LogP contribution >= 0.6 is 0 Å². The van der Waals surface area contributed by atoms with E-state index in [2.05, 4.69) is 20.6 Å². The lowest BCUT2D eigenvalue weighted by atomic mass is 10.1. The zero-order valence-electron chi connectivity index (χ0n) is 18.2. The summed E-state index contributed by atoms with van der Waals surface area (Å²) in [5.41, 5.74) is 7.38. The third kappa shape index (κ3) is 4.53. The summed E-state index contributed by atoms with van der Waals surface area (Å²) in [6.45, 7) is 1.92. The minimum atomic E-state index is -4.54. The summed E-state index contributed by atoms with van der Waals surface area (Å²) in [7, 11) is 0. The van der Waals surface area contributed by atoms with E-state index in [4.69, 9.17) is 15.5 Å². The molecule has 9 nitrogen and oxygen atoms in total. The van der Waals surface area contributed by atoms with Gasteiger partial charge in [0.2, 0.25) is 0 Å². The molecular weight excluding hydrogens is 463 g/mol. The Kier molecular flexibility index (Phi) is 5.83. The van der Waals surface area contributed by atoms with E-state index >= 15 is 0 Å². The number of aromatic nitrogens is 4. The molecule has 0 radical (unpaired) electrons. The molecule has 0 saturated carbocycles. The van der Waals surface area contributed by atoms with Crippen LogP contribution in [-0.2, 0) is 10.9 Å². The SMILES string of the molecule is Nc1nccn2c(C3CNCCO3)nc(-c3ccc(C(=O)Nc4cc(C(F)(F)F)ccn4)cc3)c12. The van der Waals surface area contributed by atoms with E-state index in [9.17, 15) is 18.0 Å². The number of halogens is 3. The summed E-state index contributed by atoms with van der Waals surface area (Å²) in [6.07, 6.45) is -0.460. The van der Waals surface area contributed by atoms with E-state index in [0.717, 1.165) is 24.9 Å². The Morgan fingerprint density at radius 1 is 1.17 bits per heavy atom. The number of hydrogen-bond donors (Lipinski definition) is 3. The Bertz CT molecular complexity index is 1380. The summed E-state index contributed by atoms with van der Waals surface area (Å²) in [5.74, 6) is 0.177. The van der Waals surface area contributed by atoms with Crippen LogP contribution < -0.4 is 16.4 Å². The number of benzene rings is 1. The number of nitrogens with zero attached hydrogens (tertiary/aromatic N) is 4. The lowest BCUT2D eigenvalue weighted by Gasteiger charge is -2.22. The Morgan fingerprint density at radius 2 is 1.97 bits per heavy atom. The molecule has 180 valence electrons. The summed E-state index contributed by atoms with van der Waals surface area (Å²) in [5, 5.41) is 5.67. The van der Waals surface area contributed by atoms with Crippen LogP contribution in [0.2, 0.25) is 0 Å². The van der Waals surface area contributed by atoms with Gasteiger partial charge in [0.1, 0.15) is 34.8 Å². The quantitative estimate of drug-likeness (QED) is 0.407. The number of hydrogen-bond acceptors (Lipinski definition) is 7. The largest absolute Gasteiger partial charge is 0.416 e. The van der Waals surface area contributed by atoms with E-state index in [1.165, 1.54) is 0 Å². The zero-order valence-corrected chi connectivity index (χ0v) is 18.2. The van der Waals surface area contributed by atoms with Crippen molar-refractivity contribution in [2.75, 3.05) is 30.7 Å². The number of rotatable bonds is 4. The van der Waals surface area contributed by atoms with E-state index in [1.54, 1.807) is 36.7 Å². The number of fused-ring (bicyclic) bond motifs is 1. The average molecular weight is 483 g/mol. The van der Waals surface area contributed by atoms with E-state index in [1.807, 2.05) is 4.40 Å².